The Hall–Kier alpha value is -1.49. The molecule has 0 N–H and O–H groups in total. The van der Waals surface area contributed by atoms with Gasteiger partial charge in [0.25, 0.3) is 5.92 Å². The topological polar surface area (TPSA) is 23.6 Å². The molecule has 0 spiro atoms. The van der Waals surface area contributed by atoms with Crippen LogP contribution in [-0.4, -0.2) is 48.8 Å². The van der Waals surface area contributed by atoms with E-state index in [0.29, 0.717) is 0 Å². The van der Waals surface area contributed by atoms with Gasteiger partial charge in [-0.1, -0.05) is 29.8 Å². The van der Waals surface area contributed by atoms with E-state index in [0.717, 1.165) is 11.1 Å². The summed E-state index contributed by atoms with van der Waals surface area (Å²) in [6.45, 7) is 2.24. The highest BCUT2D eigenvalue weighted by molar-refractivity contribution is 5.83. The summed E-state index contributed by atoms with van der Waals surface area (Å²) in [6, 6.07) is 7.36. The highest BCUT2D eigenvalue weighted by atomic mass is 19.3. The number of hydrogen-bond donors (Lipinski definition) is 0. The lowest BCUT2D eigenvalue weighted by Crippen LogP contribution is -2.47. The van der Waals surface area contributed by atoms with Crippen LogP contribution in [0.5, 0.6) is 0 Å². The zero-order valence-corrected chi connectivity index (χ0v) is 12.8. The SMILES string of the molecule is Cc1ccc(C(C(=O)N2CCC(F)(F)CC2)N(C)C)cc1. The summed E-state index contributed by atoms with van der Waals surface area (Å²) < 4.78 is 26.4. The van der Waals surface area contributed by atoms with E-state index in [2.05, 4.69) is 0 Å². The number of carbonyl (C=O) groups is 1. The Balaban J connectivity index is 2.15. The quantitative estimate of drug-likeness (QED) is 0.856. The summed E-state index contributed by atoms with van der Waals surface area (Å²) in [6.07, 6.45) is -0.487. The van der Waals surface area contributed by atoms with Gasteiger partial charge in [0, 0.05) is 25.9 Å². The highest BCUT2D eigenvalue weighted by Gasteiger charge is 2.38. The van der Waals surface area contributed by atoms with Gasteiger partial charge in [-0.05, 0) is 26.6 Å². The summed E-state index contributed by atoms with van der Waals surface area (Å²) in [5.74, 6) is -2.73. The second-order valence-corrected chi connectivity index (χ2v) is 5.96. The Labute approximate surface area is 124 Å². The third kappa shape index (κ3) is 3.79. The van der Waals surface area contributed by atoms with Crippen molar-refractivity contribution in [2.45, 2.75) is 31.7 Å². The summed E-state index contributed by atoms with van der Waals surface area (Å²) in [7, 11) is 3.67. The Kier molecular flexibility index (Phi) is 4.61. The third-order valence-corrected chi connectivity index (χ3v) is 3.95. The lowest BCUT2D eigenvalue weighted by molar-refractivity contribution is -0.142. The van der Waals surface area contributed by atoms with Gasteiger partial charge < -0.3 is 4.90 Å². The van der Waals surface area contributed by atoms with Crippen LogP contribution in [0.15, 0.2) is 24.3 Å². The second kappa shape index (κ2) is 6.10. The van der Waals surface area contributed by atoms with Crippen molar-refractivity contribution in [2.75, 3.05) is 27.2 Å². The molecule has 2 rings (SSSR count). The van der Waals surface area contributed by atoms with Crippen molar-refractivity contribution in [3.8, 4) is 0 Å². The van der Waals surface area contributed by atoms with E-state index in [1.165, 1.54) is 0 Å². The van der Waals surface area contributed by atoms with Crippen LogP contribution < -0.4 is 0 Å². The molecule has 1 aliphatic heterocycles. The molecule has 116 valence electrons. The maximum Gasteiger partial charge on any atom is 0.251 e. The van der Waals surface area contributed by atoms with Crippen LogP contribution in [0.4, 0.5) is 8.78 Å². The van der Waals surface area contributed by atoms with Crippen molar-refractivity contribution >= 4 is 5.91 Å². The van der Waals surface area contributed by atoms with Crippen LogP contribution >= 0.6 is 0 Å². The van der Waals surface area contributed by atoms with Gasteiger partial charge in [0.05, 0.1) is 0 Å². The molecule has 1 fully saturated rings. The fourth-order valence-electron chi connectivity index (χ4n) is 2.64. The lowest BCUT2D eigenvalue weighted by Gasteiger charge is -2.35. The maximum atomic E-state index is 13.2. The van der Waals surface area contributed by atoms with Crippen LogP contribution in [-0.2, 0) is 4.79 Å². The standard InChI is InChI=1S/C16H22F2N2O/c1-12-4-6-13(7-5-12)14(19(2)3)15(21)20-10-8-16(17,18)9-11-20/h4-7,14H,8-11H2,1-3H3. The molecule has 3 nitrogen and oxygen atoms in total. The minimum atomic E-state index is -2.63. The number of hydrogen-bond acceptors (Lipinski definition) is 2. The summed E-state index contributed by atoms with van der Waals surface area (Å²) in [5, 5.41) is 0. The number of rotatable bonds is 3. The summed E-state index contributed by atoms with van der Waals surface area (Å²) in [5.41, 5.74) is 2.02. The number of piperidine rings is 1. The van der Waals surface area contributed by atoms with E-state index >= 15 is 0 Å². The molecule has 1 saturated heterocycles. The maximum absolute atomic E-state index is 13.2. The first kappa shape index (κ1) is 15.9. The fourth-order valence-corrected chi connectivity index (χ4v) is 2.64. The zero-order valence-electron chi connectivity index (χ0n) is 12.8. The van der Waals surface area contributed by atoms with Gasteiger partial charge in [-0.2, -0.15) is 0 Å². The number of amides is 1. The number of likely N-dealkylation sites (N-methyl/N-ethyl adjacent to an activating group) is 1. The molecule has 0 aliphatic carbocycles. The van der Waals surface area contributed by atoms with Gasteiger partial charge in [0.2, 0.25) is 5.91 Å². The first-order valence-electron chi connectivity index (χ1n) is 7.20. The van der Waals surface area contributed by atoms with E-state index in [1.54, 1.807) is 4.90 Å². The van der Waals surface area contributed by atoms with E-state index in [1.807, 2.05) is 50.2 Å². The highest BCUT2D eigenvalue weighted by Crippen LogP contribution is 2.30. The molecule has 0 aromatic heterocycles. The molecule has 1 aromatic rings. The van der Waals surface area contributed by atoms with Crippen LogP contribution in [0.3, 0.4) is 0 Å². The Morgan fingerprint density at radius 2 is 1.71 bits per heavy atom. The second-order valence-electron chi connectivity index (χ2n) is 5.96. The van der Waals surface area contributed by atoms with Crippen LogP contribution in [0.2, 0.25) is 0 Å². The number of halogens is 2. The fraction of sp³-hybridized carbons (Fsp3) is 0.562. The van der Waals surface area contributed by atoms with Gasteiger partial charge in [-0.15, -0.1) is 0 Å². The van der Waals surface area contributed by atoms with Crippen molar-refractivity contribution in [2.24, 2.45) is 0 Å². The molecule has 21 heavy (non-hydrogen) atoms. The van der Waals surface area contributed by atoms with E-state index in [4.69, 9.17) is 0 Å². The first-order valence-corrected chi connectivity index (χ1v) is 7.20. The minimum absolute atomic E-state index is 0.0978. The van der Waals surface area contributed by atoms with Crippen molar-refractivity contribution in [3.63, 3.8) is 0 Å². The monoisotopic (exact) mass is 296 g/mol. The van der Waals surface area contributed by atoms with Crippen LogP contribution in [0.25, 0.3) is 0 Å². The zero-order chi connectivity index (χ0) is 15.6. The number of aryl methyl sites for hydroxylation is 1. The number of benzene rings is 1. The number of likely N-dealkylation sites (tertiary alicyclic amines) is 1. The molecule has 0 radical (unpaired) electrons. The molecule has 5 heteroatoms. The van der Waals surface area contributed by atoms with Crippen LogP contribution in [0, 0.1) is 6.92 Å². The Bertz CT molecular complexity index is 490. The Morgan fingerprint density at radius 3 is 2.19 bits per heavy atom. The van der Waals surface area contributed by atoms with E-state index in [-0.39, 0.29) is 31.8 Å². The molecule has 1 heterocycles. The van der Waals surface area contributed by atoms with Crippen LogP contribution in [0.1, 0.15) is 30.0 Å². The summed E-state index contributed by atoms with van der Waals surface area (Å²) in [4.78, 5) is 16.1. The van der Waals surface area contributed by atoms with Gasteiger partial charge in [-0.25, -0.2) is 8.78 Å². The lowest BCUT2D eigenvalue weighted by atomic mass is 10.0. The average Bonchev–Trinajstić information content (AvgIpc) is 2.40. The molecule has 1 aliphatic rings. The van der Waals surface area contributed by atoms with E-state index < -0.39 is 12.0 Å². The Morgan fingerprint density at radius 1 is 1.19 bits per heavy atom. The van der Waals surface area contributed by atoms with Crippen molar-refractivity contribution in [3.05, 3.63) is 35.4 Å². The van der Waals surface area contributed by atoms with Gasteiger partial charge in [0.1, 0.15) is 6.04 Å². The number of alkyl halides is 2. The number of nitrogens with zero attached hydrogens (tertiary/aromatic N) is 2. The normalized spacial score (nSPS) is 19.6. The first-order chi connectivity index (χ1) is 9.80. The molecule has 1 unspecified atom stereocenters. The summed E-state index contributed by atoms with van der Waals surface area (Å²) >= 11 is 0. The molecular formula is C16H22F2N2O. The van der Waals surface area contributed by atoms with Crippen molar-refractivity contribution < 1.29 is 13.6 Å². The predicted octanol–water partition coefficient (Wildman–Crippen LogP) is 2.86. The predicted molar refractivity (Wildman–Crippen MR) is 78.4 cm³/mol. The molecule has 0 bridgehead atoms. The smallest absolute Gasteiger partial charge is 0.251 e. The molecular weight excluding hydrogens is 274 g/mol. The van der Waals surface area contributed by atoms with Crippen molar-refractivity contribution in [1.82, 2.24) is 9.80 Å². The van der Waals surface area contributed by atoms with Crippen molar-refractivity contribution in [1.29, 1.82) is 0 Å². The molecule has 1 amide bonds. The molecule has 1 aromatic carbocycles. The van der Waals surface area contributed by atoms with Gasteiger partial charge >= 0.3 is 0 Å². The largest absolute Gasteiger partial charge is 0.341 e. The van der Waals surface area contributed by atoms with Gasteiger partial charge in [-0.3, -0.25) is 9.69 Å². The van der Waals surface area contributed by atoms with Gasteiger partial charge in [0.15, 0.2) is 0 Å². The molecule has 1 atom stereocenters. The third-order valence-electron chi connectivity index (χ3n) is 3.95. The van der Waals surface area contributed by atoms with E-state index in [9.17, 15) is 13.6 Å². The number of carbonyl (C=O) groups excluding carboxylic acids is 1. The molecule has 0 saturated carbocycles. The average molecular weight is 296 g/mol. The minimum Gasteiger partial charge on any atom is -0.341 e.